The van der Waals surface area contributed by atoms with Crippen molar-refractivity contribution in [1.82, 2.24) is 4.98 Å². The van der Waals surface area contributed by atoms with Crippen LogP contribution in [0.5, 0.6) is 0 Å². The molecule has 3 aromatic rings. The number of aromatic nitrogens is 1. The Hall–Kier alpha value is -2.66. The summed E-state index contributed by atoms with van der Waals surface area (Å²) in [7, 11) is 0. The molecule has 2 heterocycles. The lowest BCUT2D eigenvalue weighted by Crippen LogP contribution is -2.18. The number of thiazole rings is 1. The summed E-state index contributed by atoms with van der Waals surface area (Å²) >= 11 is 1.63. The molecule has 0 fully saturated rings. The molecule has 2 aromatic carbocycles. The molecule has 2 N–H and O–H groups in total. The third kappa shape index (κ3) is 3.72. The molecule has 1 amide bonds. The van der Waals surface area contributed by atoms with Crippen molar-refractivity contribution in [3.05, 3.63) is 65.0 Å². The molecule has 0 spiro atoms. The van der Waals surface area contributed by atoms with Crippen LogP contribution in [0.1, 0.15) is 17.5 Å². The quantitative estimate of drug-likeness (QED) is 0.720. The van der Waals surface area contributed by atoms with Gasteiger partial charge < -0.3 is 10.6 Å². The predicted octanol–water partition coefficient (Wildman–Crippen LogP) is 4.35. The maximum Gasteiger partial charge on any atom is 0.224 e. The van der Waals surface area contributed by atoms with E-state index in [-0.39, 0.29) is 5.91 Å². The Kier molecular flexibility index (Phi) is 4.48. The van der Waals surface area contributed by atoms with E-state index in [9.17, 15) is 4.79 Å². The van der Waals surface area contributed by atoms with Crippen LogP contribution in [0.2, 0.25) is 0 Å². The van der Waals surface area contributed by atoms with Crippen LogP contribution >= 0.6 is 11.3 Å². The van der Waals surface area contributed by atoms with Gasteiger partial charge >= 0.3 is 0 Å². The molecule has 5 heteroatoms. The van der Waals surface area contributed by atoms with Gasteiger partial charge in [0, 0.05) is 29.6 Å². The molecule has 0 saturated carbocycles. The number of nitrogens with one attached hydrogen (secondary N) is 2. The third-order valence-electron chi connectivity index (χ3n) is 4.33. The average Bonchev–Trinajstić information content (AvgIpc) is 3.11. The van der Waals surface area contributed by atoms with Crippen molar-refractivity contribution < 1.29 is 4.79 Å². The van der Waals surface area contributed by atoms with E-state index < -0.39 is 0 Å². The summed E-state index contributed by atoms with van der Waals surface area (Å²) in [4.78, 5) is 16.2. The molecule has 126 valence electrons. The van der Waals surface area contributed by atoms with Crippen molar-refractivity contribution in [2.75, 3.05) is 17.2 Å². The zero-order valence-corrected chi connectivity index (χ0v) is 14.6. The minimum absolute atomic E-state index is 0.0961. The van der Waals surface area contributed by atoms with Crippen LogP contribution in [0.15, 0.2) is 53.9 Å². The second-order valence-electron chi connectivity index (χ2n) is 6.12. The standard InChI is InChI=1S/C20H19N3OS/c24-19-9-7-15-12-16(6-8-17(15)22-19)18-13-25-20(23-18)21-11-10-14-4-2-1-3-5-14/h1-6,8,12-13H,7,9-11H2,(H,21,23)(H,22,24). The van der Waals surface area contributed by atoms with Gasteiger partial charge in [-0.25, -0.2) is 4.98 Å². The van der Waals surface area contributed by atoms with Gasteiger partial charge in [-0.05, 0) is 36.1 Å². The van der Waals surface area contributed by atoms with Crippen molar-refractivity contribution in [2.45, 2.75) is 19.3 Å². The van der Waals surface area contributed by atoms with Crippen molar-refractivity contribution in [3.63, 3.8) is 0 Å². The number of aryl methyl sites for hydroxylation is 1. The van der Waals surface area contributed by atoms with Crippen LogP contribution in [0, 0.1) is 0 Å². The Morgan fingerprint density at radius 1 is 1.12 bits per heavy atom. The number of anilines is 2. The van der Waals surface area contributed by atoms with Gasteiger partial charge in [0.1, 0.15) is 0 Å². The smallest absolute Gasteiger partial charge is 0.224 e. The first-order valence-electron chi connectivity index (χ1n) is 8.44. The Labute approximate surface area is 150 Å². The van der Waals surface area contributed by atoms with Gasteiger partial charge in [-0.1, -0.05) is 36.4 Å². The molecule has 0 bridgehead atoms. The van der Waals surface area contributed by atoms with Gasteiger partial charge in [-0.2, -0.15) is 0 Å². The predicted molar refractivity (Wildman–Crippen MR) is 103 cm³/mol. The van der Waals surface area contributed by atoms with Crippen molar-refractivity contribution >= 4 is 28.1 Å². The Bertz CT molecular complexity index is 889. The fourth-order valence-corrected chi connectivity index (χ4v) is 3.74. The minimum Gasteiger partial charge on any atom is -0.361 e. The van der Waals surface area contributed by atoms with Gasteiger partial charge in [-0.3, -0.25) is 4.79 Å². The topological polar surface area (TPSA) is 54.0 Å². The van der Waals surface area contributed by atoms with Gasteiger partial charge in [0.2, 0.25) is 5.91 Å². The van der Waals surface area contributed by atoms with Crippen molar-refractivity contribution in [3.8, 4) is 11.3 Å². The van der Waals surface area contributed by atoms with Crippen molar-refractivity contribution in [2.24, 2.45) is 0 Å². The van der Waals surface area contributed by atoms with Crippen molar-refractivity contribution in [1.29, 1.82) is 0 Å². The number of amides is 1. The molecule has 4 nitrogen and oxygen atoms in total. The second kappa shape index (κ2) is 7.07. The highest BCUT2D eigenvalue weighted by Gasteiger charge is 2.15. The summed E-state index contributed by atoms with van der Waals surface area (Å²) in [5.41, 5.74) is 5.51. The minimum atomic E-state index is 0.0961. The van der Waals surface area contributed by atoms with Crippen LogP contribution in [0.3, 0.4) is 0 Å². The van der Waals surface area contributed by atoms with E-state index in [4.69, 9.17) is 4.98 Å². The molecule has 0 saturated heterocycles. The molecular formula is C20H19N3OS. The lowest BCUT2D eigenvalue weighted by atomic mass is 9.99. The van der Waals surface area contributed by atoms with Crippen LogP contribution in [0.25, 0.3) is 11.3 Å². The lowest BCUT2D eigenvalue weighted by molar-refractivity contribution is -0.116. The van der Waals surface area contributed by atoms with Crippen LogP contribution in [0.4, 0.5) is 10.8 Å². The highest BCUT2D eigenvalue weighted by Crippen LogP contribution is 2.30. The summed E-state index contributed by atoms with van der Waals surface area (Å²) in [6.07, 6.45) is 2.33. The molecular weight excluding hydrogens is 330 g/mol. The Balaban J connectivity index is 1.42. The number of nitrogens with zero attached hydrogens (tertiary/aromatic N) is 1. The van der Waals surface area contributed by atoms with E-state index in [2.05, 4.69) is 46.3 Å². The van der Waals surface area contributed by atoms with E-state index in [1.165, 1.54) is 11.1 Å². The van der Waals surface area contributed by atoms with Gasteiger partial charge in [0.05, 0.1) is 5.69 Å². The third-order valence-corrected chi connectivity index (χ3v) is 5.13. The number of carbonyl (C=O) groups is 1. The normalized spacial score (nSPS) is 13.2. The molecule has 4 rings (SSSR count). The number of fused-ring (bicyclic) bond motifs is 1. The lowest BCUT2D eigenvalue weighted by Gasteiger charge is -2.17. The SMILES string of the molecule is O=C1CCc2cc(-c3csc(NCCc4ccccc4)n3)ccc2N1. The van der Waals surface area contributed by atoms with Crippen LogP contribution in [-0.2, 0) is 17.6 Å². The molecule has 1 aliphatic rings. The summed E-state index contributed by atoms with van der Waals surface area (Å²) < 4.78 is 0. The van der Waals surface area contributed by atoms with E-state index in [0.29, 0.717) is 6.42 Å². The number of hydrogen-bond donors (Lipinski definition) is 2. The van der Waals surface area contributed by atoms with Gasteiger partial charge in [0.15, 0.2) is 5.13 Å². The maximum absolute atomic E-state index is 11.5. The van der Waals surface area contributed by atoms with Crippen LogP contribution < -0.4 is 10.6 Å². The largest absolute Gasteiger partial charge is 0.361 e. The number of carbonyl (C=O) groups excluding carboxylic acids is 1. The van der Waals surface area contributed by atoms with Crippen LogP contribution in [-0.4, -0.2) is 17.4 Å². The zero-order valence-electron chi connectivity index (χ0n) is 13.8. The summed E-state index contributed by atoms with van der Waals surface area (Å²) in [6.45, 7) is 0.868. The summed E-state index contributed by atoms with van der Waals surface area (Å²) in [5, 5.41) is 9.34. The molecule has 0 atom stereocenters. The zero-order chi connectivity index (χ0) is 17.1. The summed E-state index contributed by atoms with van der Waals surface area (Å²) in [5.74, 6) is 0.0961. The number of benzene rings is 2. The average molecular weight is 349 g/mol. The van der Waals surface area contributed by atoms with E-state index in [1.54, 1.807) is 11.3 Å². The molecule has 1 aliphatic heterocycles. The Morgan fingerprint density at radius 3 is 2.88 bits per heavy atom. The maximum atomic E-state index is 11.5. The fraction of sp³-hybridized carbons (Fsp3) is 0.200. The highest BCUT2D eigenvalue weighted by atomic mass is 32.1. The highest BCUT2D eigenvalue weighted by molar-refractivity contribution is 7.14. The molecule has 25 heavy (non-hydrogen) atoms. The first-order valence-corrected chi connectivity index (χ1v) is 9.32. The van der Waals surface area contributed by atoms with E-state index >= 15 is 0 Å². The second-order valence-corrected chi connectivity index (χ2v) is 6.98. The summed E-state index contributed by atoms with van der Waals surface area (Å²) in [6, 6.07) is 16.6. The number of hydrogen-bond acceptors (Lipinski definition) is 4. The van der Waals surface area contributed by atoms with Gasteiger partial charge in [-0.15, -0.1) is 11.3 Å². The fourth-order valence-electron chi connectivity index (χ4n) is 2.99. The molecule has 1 aromatic heterocycles. The monoisotopic (exact) mass is 349 g/mol. The molecule has 0 radical (unpaired) electrons. The number of rotatable bonds is 5. The first-order chi connectivity index (χ1) is 12.3. The van der Waals surface area contributed by atoms with Gasteiger partial charge in [0.25, 0.3) is 0 Å². The van der Waals surface area contributed by atoms with E-state index in [1.807, 2.05) is 18.2 Å². The molecule has 0 aliphatic carbocycles. The molecule has 0 unspecified atom stereocenters. The first kappa shape index (κ1) is 15.8. The van der Waals surface area contributed by atoms with E-state index in [0.717, 1.165) is 41.5 Å². The Morgan fingerprint density at radius 2 is 2.00 bits per heavy atom.